The predicted molar refractivity (Wildman–Crippen MR) is 83.9 cm³/mol. The van der Waals surface area contributed by atoms with Gasteiger partial charge < -0.3 is 4.74 Å². The molecule has 0 radical (unpaired) electrons. The summed E-state index contributed by atoms with van der Waals surface area (Å²) in [4.78, 5) is 0. The maximum atomic E-state index is 5.60. The Bertz CT molecular complexity index is 833. The molecule has 20 heavy (non-hydrogen) atoms. The monoisotopic (exact) mass is 256 g/mol. The van der Waals surface area contributed by atoms with Gasteiger partial charge >= 0.3 is 0 Å². The summed E-state index contributed by atoms with van der Waals surface area (Å²) in [5.41, 5.74) is 1.68. The summed E-state index contributed by atoms with van der Waals surface area (Å²) in [6.45, 7) is 0. The van der Waals surface area contributed by atoms with Gasteiger partial charge in [-0.2, -0.15) is 0 Å². The fraction of sp³-hybridized carbons (Fsp3) is 0.0526. The molecule has 0 spiro atoms. The Morgan fingerprint density at radius 2 is 1.30 bits per heavy atom. The molecule has 0 saturated carbocycles. The van der Waals surface area contributed by atoms with Gasteiger partial charge in [-0.3, -0.25) is 0 Å². The third kappa shape index (κ3) is 1.62. The summed E-state index contributed by atoms with van der Waals surface area (Å²) in [7, 11) is 1.67. The summed E-state index contributed by atoms with van der Waals surface area (Å²) in [6.07, 6.45) is 11.2. The molecular formula is C19H12O. The fourth-order valence-corrected chi connectivity index (χ4v) is 2.60. The van der Waals surface area contributed by atoms with E-state index >= 15 is 0 Å². The molecule has 0 fully saturated rings. The summed E-state index contributed by atoms with van der Waals surface area (Å²) >= 11 is 0. The molecule has 0 aliphatic rings. The molecule has 3 aromatic carbocycles. The molecule has 0 N–H and O–H groups in total. The van der Waals surface area contributed by atoms with Gasteiger partial charge in [0.2, 0.25) is 0 Å². The van der Waals surface area contributed by atoms with E-state index in [1.54, 1.807) is 7.11 Å². The van der Waals surface area contributed by atoms with E-state index in [0.717, 1.165) is 38.4 Å². The molecular weight excluding hydrogens is 244 g/mol. The largest absolute Gasteiger partial charge is 0.495 e. The maximum Gasteiger partial charge on any atom is 0.134 e. The van der Waals surface area contributed by atoms with Gasteiger partial charge in [0.1, 0.15) is 5.75 Å². The zero-order valence-electron chi connectivity index (χ0n) is 11.1. The number of terminal acetylenes is 2. The Morgan fingerprint density at radius 3 is 1.70 bits per heavy atom. The van der Waals surface area contributed by atoms with Crippen LogP contribution in [-0.2, 0) is 0 Å². The molecule has 0 bridgehead atoms. The van der Waals surface area contributed by atoms with Crippen LogP contribution in [0.3, 0.4) is 0 Å². The first-order valence-corrected chi connectivity index (χ1v) is 6.26. The average Bonchev–Trinajstić information content (AvgIpc) is 2.51. The zero-order chi connectivity index (χ0) is 14.1. The molecule has 1 nitrogen and oxygen atoms in total. The first-order chi connectivity index (χ1) is 9.80. The van der Waals surface area contributed by atoms with Crippen molar-refractivity contribution in [3.05, 3.63) is 53.6 Å². The van der Waals surface area contributed by atoms with Crippen molar-refractivity contribution < 1.29 is 4.74 Å². The maximum absolute atomic E-state index is 5.60. The molecule has 0 atom stereocenters. The molecule has 3 rings (SSSR count). The van der Waals surface area contributed by atoms with Crippen LogP contribution in [0.4, 0.5) is 0 Å². The molecule has 0 unspecified atom stereocenters. The zero-order valence-corrected chi connectivity index (χ0v) is 11.1. The molecule has 1 heteroatoms. The van der Waals surface area contributed by atoms with Gasteiger partial charge in [0, 0.05) is 32.7 Å². The lowest BCUT2D eigenvalue weighted by Crippen LogP contribution is -1.91. The van der Waals surface area contributed by atoms with E-state index in [4.69, 9.17) is 17.6 Å². The Hall–Kier alpha value is -2.90. The minimum atomic E-state index is 0.812. The Kier molecular flexibility index (Phi) is 2.82. The minimum Gasteiger partial charge on any atom is -0.495 e. The van der Waals surface area contributed by atoms with E-state index in [2.05, 4.69) is 17.9 Å². The lowest BCUT2D eigenvalue weighted by molar-refractivity contribution is 0.424. The van der Waals surface area contributed by atoms with E-state index in [0.29, 0.717) is 0 Å². The highest BCUT2D eigenvalue weighted by molar-refractivity contribution is 6.08. The van der Waals surface area contributed by atoms with Crippen LogP contribution >= 0.6 is 0 Å². The Labute approximate surface area is 118 Å². The lowest BCUT2D eigenvalue weighted by Gasteiger charge is -2.12. The minimum absolute atomic E-state index is 0.812. The van der Waals surface area contributed by atoms with E-state index in [1.165, 1.54) is 0 Å². The number of hydrogen-bond donors (Lipinski definition) is 0. The number of methoxy groups -OCH3 is 1. The van der Waals surface area contributed by atoms with Gasteiger partial charge in [-0.25, -0.2) is 0 Å². The second kappa shape index (κ2) is 4.65. The number of hydrogen-bond acceptors (Lipinski definition) is 1. The lowest BCUT2D eigenvalue weighted by atomic mass is 9.96. The van der Waals surface area contributed by atoms with Crippen LogP contribution < -0.4 is 4.74 Å². The van der Waals surface area contributed by atoms with Crippen molar-refractivity contribution in [1.82, 2.24) is 0 Å². The first-order valence-electron chi connectivity index (χ1n) is 6.26. The molecule has 0 aliphatic heterocycles. The third-order valence-corrected chi connectivity index (χ3v) is 3.51. The Balaban J connectivity index is 2.62. The topological polar surface area (TPSA) is 9.23 Å². The van der Waals surface area contributed by atoms with Gasteiger partial charge in [-0.1, -0.05) is 36.1 Å². The molecule has 0 heterocycles. The normalized spacial score (nSPS) is 10.2. The smallest absolute Gasteiger partial charge is 0.134 e. The summed E-state index contributed by atoms with van der Waals surface area (Å²) in [5.74, 6) is 6.24. The molecule has 0 amide bonds. The standard InChI is InChI=1S/C19H12O/c1-4-13-8-6-10-15-17(13)12-18-14(5-2)9-7-11-16(18)19(15)20-3/h1-2,6-12H,3H3. The quantitative estimate of drug-likeness (QED) is 0.473. The van der Waals surface area contributed by atoms with Crippen molar-refractivity contribution >= 4 is 21.5 Å². The highest BCUT2D eigenvalue weighted by Gasteiger charge is 2.11. The van der Waals surface area contributed by atoms with Crippen LogP contribution in [0.25, 0.3) is 21.5 Å². The Morgan fingerprint density at radius 1 is 0.800 bits per heavy atom. The molecule has 0 aliphatic carbocycles. The van der Waals surface area contributed by atoms with Crippen molar-refractivity contribution in [2.75, 3.05) is 7.11 Å². The van der Waals surface area contributed by atoms with Gasteiger partial charge in [-0.15, -0.1) is 12.8 Å². The van der Waals surface area contributed by atoms with Crippen LogP contribution in [0.1, 0.15) is 11.1 Å². The number of benzene rings is 3. The van der Waals surface area contributed by atoms with E-state index < -0.39 is 0 Å². The summed E-state index contributed by atoms with van der Waals surface area (Å²) < 4.78 is 5.60. The van der Waals surface area contributed by atoms with E-state index in [-0.39, 0.29) is 0 Å². The van der Waals surface area contributed by atoms with Crippen molar-refractivity contribution in [2.24, 2.45) is 0 Å². The van der Waals surface area contributed by atoms with Crippen molar-refractivity contribution in [3.63, 3.8) is 0 Å². The van der Waals surface area contributed by atoms with Crippen LogP contribution in [-0.4, -0.2) is 7.11 Å². The van der Waals surface area contributed by atoms with E-state index in [9.17, 15) is 0 Å². The van der Waals surface area contributed by atoms with Crippen molar-refractivity contribution in [3.8, 4) is 30.4 Å². The number of fused-ring (bicyclic) bond motifs is 2. The average molecular weight is 256 g/mol. The van der Waals surface area contributed by atoms with Gasteiger partial charge in [0.15, 0.2) is 0 Å². The van der Waals surface area contributed by atoms with Crippen LogP contribution in [0, 0.1) is 24.7 Å². The van der Waals surface area contributed by atoms with Gasteiger partial charge in [-0.05, 0) is 18.2 Å². The van der Waals surface area contributed by atoms with E-state index in [1.807, 2.05) is 36.4 Å². The summed E-state index contributed by atoms with van der Waals surface area (Å²) in [6, 6.07) is 13.8. The second-order valence-electron chi connectivity index (χ2n) is 4.50. The fourth-order valence-electron chi connectivity index (χ4n) is 2.60. The van der Waals surface area contributed by atoms with Crippen LogP contribution in [0.15, 0.2) is 42.5 Å². The third-order valence-electron chi connectivity index (χ3n) is 3.51. The molecule has 94 valence electrons. The summed E-state index contributed by atoms with van der Waals surface area (Å²) in [5, 5.41) is 3.98. The number of ether oxygens (including phenoxy) is 1. The number of rotatable bonds is 1. The van der Waals surface area contributed by atoms with Crippen LogP contribution in [0.2, 0.25) is 0 Å². The SMILES string of the molecule is C#Cc1cccc2c(OC)c3cccc(C#C)c3cc12. The van der Waals surface area contributed by atoms with Crippen LogP contribution in [0.5, 0.6) is 5.75 Å². The highest BCUT2D eigenvalue weighted by atomic mass is 16.5. The second-order valence-corrected chi connectivity index (χ2v) is 4.50. The molecule has 3 aromatic rings. The molecule has 0 aromatic heterocycles. The molecule has 0 saturated heterocycles. The van der Waals surface area contributed by atoms with Gasteiger partial charge in [0.05, 0.1) is 7.11 Å². The first kappa shape index (κ1) is 12.2. The van der Waals surface area contributed by atoms with Gasteiger partial charge in [0.25, 0.3) is 0 Å². The van der Waals surface area contributed by atoms with Crippen molar-refractivity contribution in [1.29, 1.82) is 0 Å². The highest BCUT2D eigenvalue weighted by Crippen LogP contribution is 2.37. The van der Waals surface area contributed by atoms with Crippen molar-refractivity contribution in [2.45, 2.75) is 0 Å². The predicted octanol–water partition coefficient (Wildman–Crippen LogP) is 3.96.